The van der Waals surface area contributed by atoms with Crippen LogP contribution in [0.1, 0.15) is 18.1 Å². The normalized spacial score (nSPS) is 13.9. The highest BCUT2D eigenvalue weighted by molar-refractivity contribution is 7.86. The number of aromatic hydroxyl groups is 1. The van der Waals surface area contributed by atoms with Gasteiger partial charge < -0.3 is 5.11 Å². The maximum atomic E-state index is 12.4. The van der Waals surface area contributed by atoms with E-state index < -0.39 is 14.9 Å². The third-order valence-corrected chi connectivity index (χ3v) is 6.15. The number of benzene rings is 3. The molecule has 3 rings (SSSR count). The quantitative estimate of drug-likeness (QED) is 0.655. The van der Waals surface area contributed by atoms with Crippen molar-refractivity contribution < 1.29 is 18.1 Å². The van der Waals surface area contributed by atoms with Gasteiger partial charge in [-0.3, -0.25) is 4.55 Å². The molecule has 0 aliphatic heterocycles. The van der Waals surface area contributed by atoms with Crippen LogP contribution in [-0.2, 0) is 21.3 Å². The molecule has 0 spiro atoms. The molecule has 5 heteroatoms. The zero-order valence-electron chi connectivity index (χ0n) is 14.3. The summed E-state index contributed by atoms with van der Waals surface area (Å²) in [5, 5.41) is 10.2. The lowest BCUT2D eigenvalue weighted by Crippen LogP contribution is -2.35. The van der Waals surface area contributed by atoms with Gasteiger partial charge in [0.05, 0.1) is 0 Å². The smallest absolute Gasteiger partial charge is 0.274 e. The minimum Gasteiger partial charge on any atom is -0.507 e. The Bertz CT molecular complexity index is 1010. The second-order valence-corrected chi connectivity index (χ2v) is 8.28. The Kier molecular flexibility index (Phi) is 4.85. The van der Waals surface area contributed by atoms with E-state index >= 15 is 0 Å². The van der Waals surface area contributed by atoms with E-state index in [0.29, 0.717) is 16.7 Å². The molecule has 0 radical (unpaired) electrons. The first-order valence-electron chi connectivity index (χ1n) is 8.22. The zero-order chi connectivity index (χ0) is 18.8. The third kappa shape index (κ3) is 3.36. The van der Waals surface area contributed by atoms with Crippen LogP contribution in [-0.4, -0.2) is 18.1 Å². The molecule has 0 saturated carbocycles. The van der Waals surface area contributed by atoms with Crippen molar-refractivity contribution in [3.63, 3.8) is 0 Å². The zero-order valence-corrected chi connectivity index (χ0v) is 15.1. The van der Waals surface area contributed by atoms with Crippen molar-refractivity contribution in [2.75, 3.05) is 0 Å². The van der Waals surface area contributed by atoms with Gasteiger partial charge in [-0.1, -0.05) is 72.8 Å². The molecular formula is C21H20O4S. The lowest BCUT2D eigenvalue weighted by atomic mass is 9.86. The third-order valence-electron chi connectivity index (χ3n) is 4.64. The van der Waals surface area contributed by atoms with Gasteiger partial charge in [-0.25, -0.2) is 0 Å². The van der Waals surface area contributed by atoms with E-state index in [2.05, 4.69) is 0 Å². The Morgan fingerprint density at radius 2 is 1.35 bits per heavy atom. The van der Waals surface area contributed by atoms with Gasteiger partial charge in [0.25, 0.3) is 10.1 Å². The summed E-state index contributed by atoms with van der Waals surface area (Å²) in [6.45, 7) is 1.51. The molecule has 3 aromatic rings. The van der Waals surface area contributed by atoms with Gasteiger partial charge in [-0.2, -0.15) is 8.42 Å². The van der Waals surface area contributed by atoms with Crippen molar-refractivity contribution >= 4 is 10.1 Å². The number of phenolic OH excluding ortho intramolecular Hbond substituents is 1. The fourth-order valence-electron chi connectivity index (χ4n) is 3.19. The summed E-state index contributed by atoms with van der Waals surface area (Å²) in [6, 6.07) is 22.8. The summed E-state index contributed by atoms with van der Waals surface area (Å²) in [5.74, 6) is 0.0531. The molecule has 1 unspecified atom stereocenters. The molecule has 0 saturated heterocycles. The first-order valence-corrected chi connectivity index (χ1v) is 9.66. The number of hydrogen-bond acceptors (Lipinski definition) is 3. The van der Waals surface area contributed by atoms with Crippen LogP contribution in [0.2, 0.25) is 0 Å². The molecule has 3 aromatic carbocycles. The van der Waals surface area contributed by atoms with Crippen molar-refractivity contribution in [3.8, 4) is 16.9 Å². The maximum Gasteiger partial charge on any atom is 0.274 e. The molecule has 4 nitrogen and oxygen atoms in total. The Labute approximate surface area is 153 Å². The molecule has 134 valence electrons. The molecular weight excluding hydrogens is 348 g/mol. The van der Waals surface area contributed by atoms with Crippen molar-refractivity contribution in [2.24, 2.45) is 0 Å². The molecule has 0 bridgehead atoms. The Morgan fingerprint density at radius 3 is 1.96 bits per heavy atom. The molecule has 0 aliphatic rings. The minimum atomic E-state index is -4.44. The summed E-state index contributed by atoms with van der Waals surface area (Å²) in [6.07, 6.45) is 0.108. The van der Waals surface area contributed by atoms with Gasteiger partial charge in [-0.15, -0.1) is 0 Å². The van der Waals surface area contributed by atoms with Crippen LogP contribution in [0.4, 0.5) is 0 Å². The Balaban J connectivity index is 2.23. The number of phenols is 1. The predicted octanol–water partition coefficient (Wildman–Crippen LogP) is 4.40. The van der Waals surface area contributed by atoms with Crippen molar-refractivity contribution in [1.82, 2.24) is 0 Å². The van der Waals surface area contributed by atoms with E-state index in [1.54, 1.807) is 48.5 Å². The van der Waals surface area contributed by atoms with Crippen LogP contribution in [0.5, 0.6) is 5.75 Å². The van der Waals surface area contributed by atoms with Crippen LogP contribution in [0.3, 0.4) is 0 Å². The summed E-state index contributed by atoms with van der Waals surface area (Å²) in [4.78, 5) is 0. The minimum absolute atomic E-state index is 0.0531. The summed E-state index contributed by atoms with van der Waals surface area (Å²) >= 11 is 0. The largest absolute Gasteiger partial charge is 0.507 e. The van der Waals surface area contributed by atoms with Crippen molar-refractivity contribution in [1.29, 1.82) is 0 Å². The molecule has 26 heavy (non-hydrogen) atoms. The second kappa shape index (κ2) is 6.94. The number of para-hydroxylation sites is 1. The first kappa shape index (κ1) is 18.2. The number of rotatable bonds is 5. The van der Waals surface area contributed by atoms with E-state index in [-0.39, 0.29) is 12.2 Å². The predicted molar refractivity (Wildman–Crippen MR) is 103 cm³/mol. The van der Waals surface area contributed by atoms with Gasteiger partial charge in [0, 0.05) is 5.56 Å². The second-order valence-electron chi connectivity index (χ2n) is 6.43. The Morgan fingerprint density at radius 1 is 0.808 bits per heavy atom. The van der Waals surface area contributed by atoms with Gasteiger partial charge in [0.2, 0.25) is 0 Å². The topological polar surface area (TPSA) is 74.6 Å². The van der Waals surface area contributed by atoms with E-state index in [4.69, 9.17) is 0 Å². The molecule has 0 heterocycles. The average Bonchev–Trinajstić information content (AvgIpc) is 2.62. The fourth-order valence-corrected chi connectivity index (χ4v) is 4.00. The van der Waals surface area contributed by atoms with Gasteiger partial charge >= 0.3 is 0 Å². The van der Waals surface area contributed by atoms with E-state index in [1.807, 2.05) is 30.3 Å². The van der Waals surface area contributed by atoms with Crippen LogP contribution in [0.15, 0.2) is 78.9 Å². The molecule has 1 atom stereocenters. The maximum absolute atomic E-state index is 12.4. The highest BCUT2D eigenvalue weighted by atomic mass is 32.2. The highest BCUT2D eigenvalue weighted by Gasteiger charge is 2.41. The molecule has 2 N–H and O–H groups in total. The van der Waals surface area contributed by atoms with E-state index in [9.17, 15) is 18.1 Å². The first-order chi connectivity index (χ1) is 12.3. The van der Waals surface area contributed by atoms with Crippen LogP contribution < -0.4 is 0 Å². The standard InChI is InChI=1S/C21H20O4S/c1-21(26(23,24)25,15-16-9-3-2-4-10-16)19-13-7-5-11-17(19)18-12-6-8-14-20(18)22/h2-14,22H,15H2,1H3,(H,23,24,25). The summed E-state index contributed by atoms with van der Waals surface area (Å²) in [7, 11) is -4.44. The highest BCUT2D eigenvalue weighted by Crippen LogP contribution is 2.41. The van der Waals surface area contributed by atoms with Gasteiger partial charge in [0.15, 0.2) is 0 Å². The van der Waals surface area contributed by atoms with Crippen molar-refractivity contribution in [3.05, 3.63) is 90.0 Å². The Hall–Kier alpha value is -2.63. The molecule has 0 amide bonds. The van der Waals surface area contributed by atoms with Gasteiger partial charge in [0.1, 0.15) is 10.5 Å². The van der Waals surface area contributed by atoms with Crippen LogP contribution >= 0.6 is 0 Å². The SMILES string of the molecule is CC(Cc1ccccc1)(c1ccccc1-c1ccccc1O)S(=O)(=O)O. The number of hydrogen-bond donors (Lipinski definition) is 2. The fraction of sp³-hybridized carbons (Fsp3) is 0.143. The van der Waals surface area contributed by atoms with E-state index in [0.717, 1.165) is 5.56 Å². The van der Waals surface area contributed by atoms with Crippen LogP contribution in [0, 0.1) is 0 Å². The lowest BCUT2D eigenvalue weighted by molar-refractivity contribution is 0.434. The average molecular weight is 368 g/mol. The molecule has 0 fully saturated rings. The van der Waals surface area contributed by atoms with Gasteiger partial charge in [-0.05, 0) is 36.1 Å². The summed E-state index contributed by atoms with van der Waals surface area (Å²) in [5.41, 5.74) is 2.32. The van der Waals surface area contributed by atoms with Crippen molar-refractivity contribution in [2.45, 2.75) is 18.1 Å². The van der Waals surface area contributed by atoms with E-state index in [1.165, 1.54) is 6.92 Å². The molecule has 0 aromatic heterocycles. The summed E-state index contributed by atoms with van der Waals surface area (Å²) < 4.78 is 33.4. The lowest BCUT2D eigenvalue weighted by Gasteiger charge is -2.29. The van der Waals surface area contributed by atoms with Crippen LogP contribution in [0.25, 0.3) is 11.1 Å². The monoisotopic (exact) mass is 368 g/mol. The molecule has 0 aliphatic carbocycles.